The Morgan fingerprint density at radius 1 is 1.40 bits per heavy atom. The summed E-state index contributed by atoms with van der Waals surface area (Å²) in [6.07, 6.45) is 3.77. The van der Waals surface area contributed by atoms with E-state index < -0.39 is 0 Å². The molecule has 1 unspecified atom stereocenters. The van der Waals surface area contributed by atoms with Gasteiger partial charge in [0.05, 0.1) is 0 Å². The van der Waals surface area contributed by atoms with Crippen LogP contribution in [0.1, 0.15) is 44.7 Å². The summed E-state index contributed by atoms with van der Waals surface area (Å²) in [5.74, 6) is 0. The van der Waals surface area contributed by atoms with E-state index in [1.165, 1.54) is 24.8 Å². The average Bonchev–Trinajstić information content (AvgIpc) is 2.44. The number of nitrogens with two attached hydrogens (primary N) is 1. The van der Waals surface area contributed by atoms with Gasteiger partial charge >= 0.3 is 0 Å². The van der Waals surface area contributed by atoms with Gasteiger partial charge in [-0.25, -0.2) is 0 Å². The van der Waals surface area contributed by atoms with E-state index in [2.05, 4.69) is 40.7 Å². The fraction of sp³-hybridized carbons (Fsp3) is 0.625. The number of hydrogen-bond donors (Lipinski definition) is 1. The highest BCUT2D eigenvalue weighted by Crippen LogP contribution is 2.38. The van der Waals surface area contributed by atoms with E-state index in [-0.39, 0.29) is 6.04 Å². The predicted molar refractivity (Wildman–Crippen MR) is 90.2 cm³/mol. The van der Waals surface area contributed by atoms with E-state index in [0.29, 0.717) is 12.0 Å². The molecule has 112 valence electrons. The third-order valence-corrected chi connectivity index (χ3v) is 5.77. The van der Waals surface area contributed by atoms with Crippen molar-refractivity contribution in [2.24, 2.45) is 11.1 Å². The number of likely N-dealkylation sites (tertiary alicyclic amines) is 1. The van der Waals surface area contributed by atoms with Gasteiger partial charge in [-0.3, -0.25) is 4.90 Å². The normalized spacial score (nSPS) is 20.9. The molecular formula is C16H24BrClN2. The molecule has 2 N–H and O–H groups in total. The van der Waals surface area contributed by atoms with Crippen molar-refractivity contribution in [3.63, 3.8) is 0 Å². The highest BCUT2D eigenvalue weighted by Gasteiger charge is 2.31. The Bertz CT molecular complexity index is 456. The minimum atomic E-state index is 0.281. The monoisotopic (exact) mass is 358 g/mol. The number of nitrogens with zero attached hydrogens (tertiary/aromatic N) is 1. The molecule has 1 atom stereocenters. The van der Waals surface area contributed by atoms with Crippen LogP contribution < -0.4 is 5.73 Å². The van der Waals surface area contributed by atoms with Gasteiger partial charge in [0.2, 0.25) is 0 Å². The van der Waals surface area contributed by atoms with Gasteiger partial charge < -0.3 is 5.73 Å². The van der Waals surface area contributed by atoms with Crippen LogP contribution in [0.3, 0.4) is 0 Å². The Morgan fingerprint density at radius 3 is 2.55 bits per heavy atom. The summed E-state index contributed by atoms with van der Waals surface area (Å²) in [6.45, 7) is 7.59. The van der Waals surface area contributed by atoms with Gasteiger partial charge in [-0.05, 0) is 49.0 Å². The second-order valence-corrected chi connectivity index (χ2v) is 7.41. The molecule has 0 aromatic heterocycles. The van der Waals surface area contributed by atoms with Crippen molar-refractivity contribution in [1.29, 1.82) is 0 Å². The molecule has 1 aromatic carbocycles. The smallest absolute Gasteiger partial charge is 0.0481 e. The van der Waals surface area contributed by atoms with Crippen molar-refractivity contribution in [3.05, 3.63) is 33.3 Å². The van der Waals surface area contributed by atoms with E-state index in [4.69, 9.17) is 17.3 Å². The second kappa shape index (κ2) is 6.78. The molecule has 2 rings (SSSR count). The molecule has 0 aliphatic carbocycles. The summed E-state index contributed by atoms with van der Waals surface area (Å²) >= 11 is 9.66. The zero-order valence-electron chi connectivity index (χ0n) is 12.3. The van der Waals surface area contributed by atoms with Gasteiger partial charge in [-0.1, -0.05) is 53.9 Å². The Morgan fingerprint density at radius 2 is 2.05 bits per heavy atom. The van der Waals surface area contributed by atoms with Crippen molar-refractivity contribution in [2.75, 3.05) is 19.6 Å². The van der Waals surface area contributed by atoms with Gasteiger partial charge in [-0.2, -0.15) is 0 Å². The van der Waals surface area contributed by atoms with E-state index in [0.717, 1.165) is 22.6 Å². The Hall–Kier alpha value is -0.0900. The molecule has 4 heteroatoms. The highest BCUT2D eigenvalue weighted by molar-refractivity contribution is 9.10. The lowest BCUT2D eigenvalue weighted by Crippen LogP contribution is -2.42. The van der Waals surface area contributed by atoms with Gasteiger partial charge in [0, 0.05) is 22.1 Å². The number of benzene rings is 1. The first kappa shape index (κ1) is 16.3. The molecule has 0 amide bonds. The summed E-state index contributed by atoms with van der Waals surface area (Å²) in [5.41, 5.74) is 7.80. The molecule has 0 radical (unpaired) electrons. The SMILES string of the molecule is CCC1(C)CCN(C(CN)c2ccc(Cl)cc2Br)CC1. The van der Waals surface area contributed by atoms with Gasteiger partial charge in [-0.15, -0.1) is 0 Å². The predicted octanol–water partition coefficient (Wildman–Crippen LogP) is 4.61. The van der Waals surface area contributed by atoms with Crippen LogP contribution >= 0.6 is 27.5 Å². The quantitative estimate of drug-likeness (QED) is 0.850. The van der Waals surface area contributed by atoms with Crippen molar-refractivity contribution < 1.29 is 0 Å². The van der Waals surface area contributed by atoms with Gasteiger partial charge in [0.1, 0.15) is 0 Å². The molecule has 0 bridgehead atoms. The molecule has 1 aromatic rings. The van der Waals surface area contributed by atoms with Crippen LogP contribution in [0.5, 0.6) is 0 Å². The van der Waals surface area contributed by atoms with E-state index in [1.54, 1.807) is 0 Å². The first-order valence-corrected chi connectivity index (χ1v) is 8.55. The Kier molecular flexibility index (Phi) is 5.52. The molecule has 1 heterocycles. The maximum absolute atomic E-state index is 6.05. The summed E-state index contributed by atoms with van der Waals surface area (Å²) < 4.78 is 1.06. The molecule has 2 nitrogen and oxygen atoms in total. The molecule has 1 fully saturated rings. The molecule has 1 aliphatic heterocycles. The topological polar surface area (TPSA) is 29.3 Å². The minimum Gasteiger partial charge on any atom is -0.329 e. The van der Waals surface area contributed by atoms with Crippen molar-refractivity contribution in [3.8, 4) is 0 Å². The number of halogens is 2. The van der Waals surface area contributed by atoms with Crippen LogP contribution in [0, 0.1) is 5.41 Å². The largest absolute Gasteiger partial charge is 0.329 e. The lowest BCUT2D eigenvalue weighted by Gasteiger charge is -2.42. The molecule has 0 saturated carbocycles. The number of hydrogen-bond acceptors (Lipinski definition) is 2. The minimum absolute atomic E-state index is 0.281. The standard InChI is InChI=1S/C16H24BrClN2/c1-3-16(2)6-8-20(9-7-16)15(11-19)13-5-4-12(18)10-14(13)17/h4-5,10,15H,3,6-9,11,19H2,1-2H3. The van der Waals surface area contributed by atoms with Gasteiger partial charge in [0.15, 0.2) is 0 Å². The van der Waals surface area contributed by atoms with Gasteiger partial charge in [0.25, 0.3) is 0 Å². The van der Waals surface area contributed by atoms with Crippen LogP contribution in [0.25, 0.3) is 0 Å². The van der Waals surface area contributed by atoms with E-state index in [9.17, 15) is 0 Å². The second-order valence-electron chi connectivity index (χ2n) is 6.12. The molecule has 0 spiro atoms. The van der Waals surface area contributed by atoms with Crippen LogP contribution in [0.15, 0.2) is 22.7 Å². The fourth-order valence-electron chi connectivity index (χ4n) is 2.97. The third kappa shape index (κ3) is 3.56. The maximum atomic E-state index is 6.05. The molecule has 1 aliphatic rings. The summed E-state index contributed by atoms with van der Waals surface area (Å²) in [7, 11) is 0. The number of rotatable bonds is 4. The zero-order valence-corrected chi connectivity index (χ0v) is 14.7. The Balaban J connectivity index is 2.13. The van der Waals surface area contributed by atoms with Crippen LogP contribution in [0.2, 0.25) is 5.02 Å². The lowest BCUT2D eigenvalue weighted by atomic mass is 9.78. The number of piperidine rings is 1. The van der Waals surface area contributed by atoms with Crippen LogP contribution in [-0.2, 0) is 0 Å². The first-order valence-electron chi connectivity index (χ1n) is 7.38. The fourth-order valence-corrected chi connectivity index (χ4v) is 3.92. The molecular weight excluding hydrogens is 336 g/mol. The summed E-state index contributed by atoms with van der Waals surface area (Å²) in [4.78, 5) is 2.52. The first-order chi connectivity index (χ1) is 9.49. The maximum Gasteiger partial charge on any atom is 0.0481 e. The third-order valence-electron chi connectivity index (χ3n) is 4.84. The van der Waals surface area contributed by atoms with Crippen LogP contribution in [-0.4, -0.2) is 24.5 Å². The summed E-state index contributed by atoms with van der Waals surface area (Å²) in [5, 5.41) is 0.758. The zero-order chi connectivity index (χ0) is 14.8. The molecule has 1 saturated heterocycles. The van der Waals surface area contributed by atoms with Crippen molar-refractivity contribution in [1.82, 2.24) is 4.90 Å². The Labute approximate surface area is 135 Å². The van der Waals surface area contributed by atoms with E-state index in [1.807, 2.05) is 12.1 Å². The van der Waals surface area contributed by atoms with Crippen molar-refractivity contribution in [2.45, 2.75) is 39.2 Å². The van der Waals surface area contributed by atoms with Crippen LogP contribution in [0.4, 0.5) is 0 Å². The lowest BCUT2D eigenvalue weighted by molar-refractivity contribution is 0.0826. The van der Waals surface area contributed by atoms with Crippen molar-refractivity contribution >= 4 is 27.5 Å². The molecule has 20 heavy (non-hydrogen) atoms. The van der Waals surface area contributed by atoms with E-state index >= 15 is 0 Å². The highest BCUT2D eigenvalue weighted by atomic mass is 79.9. The average molecular weight is 360 g/mol. The summed E-state index contributed by atoms with van der Waals surface area (Å²) in [6, 6.07) is 6.28.